The van der Waals surface area contributed by atoms with Crippen molar-refractivity contribution in [3.05, 3.63) is 47.3 Å². The van der Waals surface area contributed by atoms with E-state index in [0.717, 1.165) is 19.6 Å². The van der Waals surface area contributed by atoms with Crippen molar-refractivity contribution in [1.82, 2.24) is 15.1 Å². The minimum atomic E-state index is 0.657. The van der Waals surface area contributed by atoms with Crippen molar-refractivity contribution in [2.24, 2.45) is 0 Å². The van der Waals surface area contributed by atoms with Crippen molar-refractivity contribution >= 4 is 5.69 Å². The van der Waals surface area contributed by atoms with Crippen molar-refractivity contribution in [3.63, 3.8) is 0 Å². The normalized spacial score (nSPS) is 16.5. The zero-order valence-electron chi connectivity index (χ0n) is 13.8. The standard InChI is InChI=1S/C18H26N4/c1-14-5-4-6-18(15(14)2)22-11-8-17(9-12-22)21(3)13-16-7-10-19-20-16/h4-7,10,17H,8-9,11-13H2,1-3H3,(H,19,20). The molecule has 1 aromatic heterocycles. The number of aromatic nitrogens is 2. The van der Waals surface area contributed by atoms with E-state index in [-0.39, 0.29) is 0 Å². The first-order valence-electron chi connectivity index (χ1n) is 8.15. The number of nitrogens with zero attached hydrogens (tertiary/aromatic N) is 3. The second kappa shape index (κ2) is 6.53. The highest BCUT2D eigenvalue weighted by molar-refractivity contribution is 5.56. The predicted molar refractivity (Wildman–Crippen MR) is 91.2 cm³/mol. The van der Waals surface area contributed by atoms with Gasteiger partial charge in [-0.05, 0) is 57.0 Å². The van der Waals surface area contributed by atoms with Crippen molar-refractivity contribution in [2.45, 2.75) is 39.3 Å². The lowest BCUT2D eigenvalue weighted by molar-refractivity contribution is 0.198. The van der Waals surface area contributed by atoms with Gasteiger partial charge in [-0.2, -0.15) is 5.10 Å². The molecular weight excluding hydrogens is 272 g/mol. The van der Waals surface area contributed by atoms with E-state index in [0.29, 0.717) is 6.04 Å². The van der Waals surface area contributed by atoms with Crippen LogP contribution in [-0.2, 0) is 6.54 Å². The molecule has 3 rings (SSSR count). The first-order valence-corrected chi connectivity index (χ1v) is 8.15. The van der Waals surface area contributed by atoms with Gasteiger partial charge in [0.05, 0.1) is 0 Å². The summed E-state index contributed by atoms with van der Waals surface area (Å²) in [5.74, 6) is 0. The van der Waals surface area contributed by atoms with E-state index in [1.807, 2.05) is 6.20 Å². The number of H-pyrrole nitrogens is 1. The van der Waals surface area contributed by atoms with Gasteiger partial charge in [0.1, 0.15) is 0 Å². The fraction of sp³-hybridized carbons (Fsp3) is 0.500. The lowest BCUT2D eigenvalue weighted by Crippen LogP contribution is -2.43. The SMILES string of the molecule is Cc1cccc(N2CCC(N(C)Cc3ccn[nH]3)CC2)c1C. The number of nitrogens with one attached hydrogen (secondary N) is 1. The first-order chi connectivity index (χ1) is 10.6. The number of aryl methyl sites for hydroxylation is 1. The number of piperidine rings is 1. The molecule has 22 heavy (non-hydrogen) atoms. The van der Waals surface area contributed by atoms with Gasteiger partial charge in [0, 0.05) is 43.3 Å². The number of rotatable bonds is 4. The van der Waals surface area contributed by atoms with Gasteiger partial charge in [-0.15, -0.1) is 0 Å². The number of anilines is 1. The average Bonchev–Trinajstić information content (AvgIpc) is 3.03. The summed E-state index contributed by atoms with van der Waals surface area (Å²) in [6, 6.07) is 9.35. The molecule has 0 spiro atoms. The molecular formula is C18H26N4. The molecule has 2 aromatic rings. The minimum Gasteiger partial charge on any atom is -0.371 e. The van der Waals surface area contributed by atoms with Crippen molar-refractivity contribution < 1.29 is 0 Å². The molecule has 1 aromatic carbocycles. The van der Waals surface area contributed by atoms with Crippen LogP contribution >= 0.6 is 0 Å². The summed E-state index contributed by atoms with van der Waals surface area (Å²) in [6.45, 7) is 7.67. The first kappa shape index (κ1) is 15.1. The maximum atomic E-state index is 4.03. The summed E-state index contributed by atoms with van der Waals surface area (Å²) >= 11 is 0. The molecule has 0 unspecified atom stereocenters. The summed E-state index contributed by atoms with van der Waals surface area (Å²) in [6.07, 6.45) is 4.27. The Kier molecular flexibility index (Phi) is 4.48. The van der Waals surface area contributed by atoms with E-state index in [2.05, 4.69) is 65.2 Å². The van der Waals surface area contributed by atoms with E-state index in [4.69, 9.17) is 0 Å². The van der Waals surface area contributed by atoms with Gasteiger partial charge in [-0.1, -0.05) is 12.1 Å². The zero-order valence-corrected chi connectivity index (χ0v) is 13.8. The van der Waals surface area contributed by atoms with Gasteiger partial charge < -0.3 is 4.90 Å². The Hall–Kier alpha value is -1.81. The van der Waals surface area contributed by atoms with Gasteiger partial charge >= 0.3 is 0 Å². The van der Waals surface area contributed by atoms with Crippen LogP contribution in [0.4, 0.5) is 5.69 Å². The van der Waals surface area contributed by atoms with Crippen LogP contribution in [-0.4, -0.2) is 41.3 Å². The maximum absolute atomic E-state index is 4.03. The van der Waals surface area contributed by atoms with Crippen LogP contribution in [0.5, 0.6) is 0 Å². The van der Waals surface area contributed by atoms with Crippen LogP contribution in [0.3, 0.4) is 0 Å². The highest BCUT2D eigenvalue weighted by atomic mass is 15.2. The van der Waals surface area contributed by atoms with Crippen molar-refractivity contribution in [3.8, 4) is 0 Å². The summed E-state index contributed by atoms with van der Waals surface area (Å²) < 4.78 is 0. The van der Waals surface area contributed by atoms with E-state index < -0.39 is 0 Å². The van der Waals surface area contributed by atoms with Gasteiger partial charge in [-0.3, -0.25) is 10.00 Å². The third kappa shape index (κ3) is 3.17. The quantitative estimate of drug-likeness (QED) is 0.942. The molecule has 0 aliphatic carbocycles. The fourth-order valence-corrected chi connectivity index (χ4v) is 3.40. The highest BCUT2D eigenvalue weighted by Crippen LogP contribution is 2.27. The van der Waals surface area contributed by atoms with E-state index in [1.54, 1.807) is 0 Å². The highest BCUT2D eigenvalue weighted by Gasteiger charge is 2.23. The molecule has 0 atom stereocenters. The lowest BCUT2D eigenvalue weighted by Gasteiger charge is -2.38. The van der Waals surface area contributed by atoms with Crippen LogP contribution < -0.4 is 4.90 Å². The molecule has 1 N–H and O–H groups in total. The number of aromatic amines is 1. The molecule has 0 bridgehead atoms. The molecule has 2 heterocycles. The van der Waals surface area contributed by atoms with Gasteiger partial charge in [0.25, 0.3) is 0 Å². The third-order valence-corrected chi connectivity index (χ3v) is 4.98. The molecule has 0 saturated carbocycles. The van der Waals surface area contributed by atoms with Crippen LogP contribution in [0, 0.1) is 13.8 Å². The average molecular weight is 298 g/mol. The topological polar surface area (TPSA) is 35.2 Å². The molecule has 1 aliphatic heterocycles. The van der Waals surface area contributed by atoms with Gasteiger partial charge in [-0.25, -0.2) is 0 Å². The number of hydrogen-bond donors (Lipinski definition) is 1. The van der Waals surface area contributed by atoms with Crippen LogP contribution in [0.15, 0.2) is 30.5 Å². The monoisotopic (exact) mass is 298 g/mol. The third-order valence-electron chi connectivity index (χ3n) is 4.98. The Morgan fingerprint density at radius 3 is 2.68 bits per heavy atom. The second-order valence-corrected chi connectivity index (χ2v) is 6.43. The lowest BCUT2D eigenvalue weighted by atomic mass is 10.0. The summed E-state index contributed by atoms with van der Waals surface area (Å²) in [4.78, 5) is 5.00. The van der Waals surface area contributed by atoms with Crippen LogP contribution in [0.1, 0.15) is 29.7 Å². The molecule has 0 radical (unpaired) electrons. The Morgan fingerprint density at radius 2 is 2.00 bits per heavy atom. The van der Waals surface area contributed by atoms with Gasteiger partial charge in [0.2, 0.25) is 0 Å². The summed E-state index contributed by atoms with van der Waals surface area (Å²) in [5, 5.41) is 7.08. The Bertz CT molecular complexity index is 598. The smallest absolute Gasteiger partial charge is 0.0492 e. The molecule has 0 amide bonds. The Morgan fingerprint density at radius 1 is 1.23 bits per heavy atom. The largest absolute Gasteiger partial charge is 0.371 e. The summed E-state index contributed by atoms with van der Waals surface area (Å²) in [7, 11) is 2.22. The van der Waals surface area contributed by atoms with Gasteiger partial charge in [0.15, 0.2) is 0 Å². The molecule has 118 valence electrons. The van der Waals surface area contributed by atoms with Crippen LogP contribution in [0.25, 0.3) is 0 Å². The van der Waals surface area contributed by atoms with Crippen molar-refractivity contribution in [1.29, 1.82) is 0 Å². The van der Waals surface area contributed by atoms with Crippen molar-refractivity contribution in [2.75, 3.05) is 25.0 Å². The minimum absolute atomic E-state index is 0.657. The second-order valence-electron chi connectivity index (χ2n) is 6.43. The Balaban J connectivity index is 1.59. The number of hydrogen-bond acceptors (Lipinski definition) is 3. The molecule has 4 heteroatoms. The molecule has 1 fully saturated rings. The zero-order chi connectivity index (χ0) is 15.5. The molecule has 4 nitrogen and oxygen atoms in total. The molecule has 1 saturated heterocycles. The summed E-state index contributed by atoms with van der Waals surface area (Å²) in [5.41, 5.74) is 5.41. The number of benzene rings is 1. The van der Waals surface area contributed by atoms with E-state index >= 15 is 0 Å². The predicted octanol–water partition coefficient (Wildman–Crippen LogP) is 3.13. The van der Waals surface area contributed by atoms with Crippen LogP contribution in [0.2, 0.25) is 0 Å². The fourth-order valence-electron chi connectivity index (χ4n) is 3.40. The van der Waals surface area contributed by atoms with E-state index in [1.165, 1.54) is 35.3 Å². The molecule has 1 aliphatic rings. The Labute approximate surface area is 133 Å². The maximum Gasteiger partial charge on any atom is 0.0492 e. The van der Waals surface area contributed by atoms with E-state index in [9.17, 15) is 0 Å².